The quantitative estimate of drug-likeness (QED) is 0.0262. The molecule has 0 aliphatic rings. The van der Waals surface area contributed by atoms with Gasteiger partial charge >= 0.3 is 17.9 Å². The molecule has 1 atom stereocenters. The standard InChI is InChI=1S/C62H112O6/c1-4-7-10-13-16-19-22-25-27-28-29-30-31-32-33-34-35-38-40-43-46-49-52-55-61(64)67-58-59(57-66-60(63)54-51-48-45-42-39-36-24-21-18-15-12-9-6-3)68-62(65)56-53-50-47-44-41-37-26-23-20-17-14-11-8-5-2/h12,15,21-22,24-25,28-29,59H,4-11,13-14,16-20,23,26-27,30-58H2,1-3H3/b15-12-,24-21-,25-22-,29-28-. The van der Waals surface area contributed by atoms with Crippen LogP contribution in [0.2, 0.25) is 0 Å². The Morgan fingerprint density at radius 2 is 0.559 bits per heavy atom. The maximum absolute atomic E-state index is 12.8. The number of unbranched alkanes of at least 4 members (excludes halogenated alkanes) is 35. The summed E-state index contributed by atoms with van der Waals surface area (Å²) in [5.74, 6) is -0.877. The van der Waals surface area contributed by atoms with Gasteiger partial charge in [0.1, 0.15) is 13.2 Å². The highest BCUT2D eigenvalue weighted by Gasteiger charge is 2.19. The molecule has 0 saturated heterocycles. The number of allylic oxidation sites excluding steroid dienone is 8. The van der Waals surface area contributed by atoms with Crippen molar-refractivity contribution in [2.45, 2.75) is 316 Å². The Morgan fingerprint density at radius 3 is 0.868 bits per heavy atom. The van der Waals surface area contributed by atoms with Crippen LogP contribution in [0.5, 0.6) is 0 Å². The largest absolute Gasteiger partial charge is 0.462 e. The van der Waals surface area contributed by atoms with E-state index in [1.54, 1.807) is 0 Å². The van der Waals surface area contributed by atoms with Crippen molar-refractivity contribution in [2.24, 2.45) is 0 Å². The van der Waals surface area contributed by atoms with Crippen molar-refractivity contribution < 1.29 is 28.6 Å². The van der Waals surface area contributed by atoms with Gasteiger partial charge in [0.05, 0.1) is 0 Å². The molecule has 6 nitrogen and oxygen atoms in total. The minimum absolute atomic E-state index is 0.0757. The van der Waals surface area contributed by atoms with Crippen LogP contribution in [0, 0.1) is 0 Å². The molecule has 6 heteroatoms. The number of carbonyl (C=O) groups is 3. The van der Waals surface area contributed by atoms with E-state index in [0.29, 0.717) is 19.3 Å². The lowest BCUT2D eigenvalue weighted by molar-refractivity contribution is -0.167. The summed E-state index contributed by atoms with van der Waals surface area (Å²) in [5.41, 5.74) is 0. The van der Waals surface area contributed by atoms with Crippen LogP contribution in [0.4, 0.5) is 0 Å². The third kappa shape index (κ3) is 54.3. The van der Waals surface area contributed by atoms with Crippen LogP contribution in [0.15, 0.2) is 48.6 Å². The van der Waals surface area contributed by atoms with Crippen molar-refractivity contribution in [3.8, 4) is 0 Å². The first kappa shape index (κ1) is 65.4. The van der Waals surface area contributed by atoms with E-state index < -0.39 is 6.10 Å². The smallest absolute Gasteiger partial charge is 0.306 e. The van der Waals surface area contributed by atoms with Gasteiger partial charge in [-0.25, -0.2) is 0 Å². The zero-order valence-corrected chi connectivity index (χ0v) is 45.4. The summed E-state index contributed by atoms with van der Waals surface area (Å²) in [4.78, 5) is 38.1. The summed E-state index contributed by atoms with van der Waals surface area (Å²) in [7, 11) is 0. The monoisotopic (exact) mass is 953 g/mol. The predicted molar refractivity (Wildman–Crippen MR) is 293 cm³/mol. The average Bonchev–Trinajstić information content (AvgIpc) is 3.34. The predicted octanol–water partition coefficient (Wildman–Crippen LogP) is 19.8. The van der Waals surface area contributed by atoms with E-state index in [2.05, 4.69) is 69.4 Å². The van der Waals surface area contributed by atoms with Gasteiger partial charge in [-0.1, -0.05) is 262 Å². The summed E-state index contributed by atoms with van der Waals surface area (Å²) in [6, 6.07) is 0. The van der Waals surface area contributed by atoms with E-state index in [1.165, 1.54) is 180 Å². The first-order valence-corrected chi connectivity index (χ1v) is 29.6. The Balaban J connectivity index is 4.28. The summed E-state index contributed by atoms with van der Waals surface area (Å²) in [6.07, 6.45) is 69.6. The Kier molecular flexibility index (Phi) is 54.8. The van der Waals surface area contributed by atoms with Crippen LogP contribution < -0.4 is 0 Å². The van der Waals surface area contributed by atoms with E-state index >= 15 is 0 Å². The molecule has 0 aliphatic heterocycles. The molecule has 1 unspecified atom stereocenters. The number of carbonyl (C=O) groups excluding carboxylic acids is 3. The fraction of sp³-hybridized carbons (Fsp3) is 0.823. The second kappa shape index (κ2) is 57.0. The molecule has 396 valence electrons. The molecule has 0 aromatic heterocycles. The molecule has 68 heavy (non-hydrogen) atoms. The lowest BCUT2D eigenvalue weighted by Gasteiger charge is -2.18. The SMILES string of the molecule is CCC/C=C\C/C=C\CCCCCCCC(=O)OCC(COC(=O)CCCCCCCCCCCCC/C=C\C/C=C\CCCCCCC)OC(=O)CCCCCCCCCCCCCCCC. The van der Waals surface area contributed by atoms with Gasteiger partial charge < -0.3 is 14.2 Å². The normalized spacial score (nSPS) is 12.3. The number of ether oxygens (including phenoxy) is 3. The van der Waals surface area contributed by atoms with Gasteiger partial charge in [-0.3, -0.25) is 14.4 Å². The average molecular weight is 954 g/mol. The molecular weight excluding hydrogens is 841 g/mol. The molecule has 0 spiro atoms. The summed E-state index contributed by atoms with van der Waals surface area (Å²) in [5, 5.41) is 0. The summed E-state index contributed by atoms with van der Waals surface area (Å²) in [6.45, 7) is 6.59. The van der Waals surface area contributed by atoms with Gasteiger partial charge in [0, 0.05) is 19.3 Å². The number of hydrogen-bond acceptors (Lipinski definition) is 6. The third-order valence-corrected chi connectivity index (χ3v) is 13.0. The van der Waals surface area contributed by atoms with Gasteiger partial charge in [0.15, 0.2) is 6.10 Å². The molecule has 0 aromatic carbocycles. The molecule has 0 radical (unpaired) electrons. The van der Waals surface area contributed by atoms with Gasteiger partial charge in [-0.2, -0.15) is 0 Å². The van der Waals surface area contributed by atoms with Crippen molar-refractivity contribution >= 4 is 17.9 Å². The second-order valence-electron chi connectivity index (χ2n) is 19.9. The van der Waals surface area contributed by atoms with Crippen LogP contribution in [-0.4, -0.2) is 37.2 Å². The van der Waals surface area contributed by atoms with Crippen LogP contribution in [-0.2, 0) is 28.6 Å². The minimum Gasteiger partial charge on any atom is -0.462 e. The van der Waals surface area contributed by atoms with Gasteiger partial charge in [-0.15, -0.1) is 0 Å². The van der Waals surface area contributed by atoms with Gasteiger partial charge in [0.25, 0.3) is 0 Å². The van der Waals surface area contributed by atoms with E-state index in [-0.39, 0.29) is 31.1 Å². The maximum atomic E-state index is 12.8. The van der Waals surface area contributed by atoms with Gasteiger partial charge in [0.2, 0.25) is 0 Å². The maximum Gasteiger partial charge on any atom is 0.306 e. The highest BCUT2D eigenvalue weighted by molar-refractivity contribution is 5.71. The Morgan fingerprint density at radius 1 is 0.294 bits per heavy atom. The van der Waals surface area contributed by atoms with Crippen molar-refractivity contribution in [2.75, 3.05) is 13.2 Å². The minimum atomic E-state index is -0.777. The van der Waals surface area contributed by atoms with E-state index in [9.17, 15) is 14.4 Å². The molecule has 0 amide bonds. The van der Waals surface area contributed by atoms with Crippen LogP contribution in [0.25, 0.3) is 0 Å². The molecule has 0 saturated carbocycles. The molecular formula is C62H112O6. The summed E-state index contributed by atoms with van der Waals surface area (Å²) >= 11 is 0. The van der Waals surface area contributed by atoms with Crippen LogP contribution in [0.3, 0.4) is 0 Å². The zero-order valence-electron chi connectivity index (χ0n) is 45.4. The molecule has 0 rings (SSSR count). The number of hydrogen-bond donors (Lipinski definition) is 0. The van der Waals surface area contributed by atoms with Crippen LogP contribution >= 0.6 is 0 Å². The fourth-order valence-electron chi connectivity index (χ4n) is 8.57. The van der Waals surface area contributed by atoms with E-state index in [1.807, 2.05) is 0 Å². The highest BCUT2D eigenvalue weighted by atomic mass is 16.6. The molecule has 0 aromatic rings. The molecule has 0 aliphatic carbocycles. The lowest BCUT2D eigenvalue weighted by atomic mass is 10.0. The third-order valence-electron chi connectivity index (χ3n) is 13.0. The molecule has 0 N–H and O–H groups in total. The topological polar surface area (TPSA) is 78.9 Å². The highest BCUT2D eigenvalue weighted by Crippen LogP contribution is 2.16. The first-order chi connectivity index (χ1) is 33.5. The molecule has 0 fully saturated rings. The van der Waals surface area contributed by atoms with Crippen molar-refractivity contribution in [1.82, 2.24) is 0 Å². The second-order valence-corrected chi connectivity index (χ2v) is 19.9. The number of esters is 3. The Hall–Kier alpha value is -2.63. The Bertz CT molecular complexity index is 1190. The number of rotatable bonds is 54. The van der Waals surface area contributed by atoms with Crippen molar-refractivity contribution in [1.29, 1.82) is 0 Å². The fourth-order valence-corrected chi connectivity index (χ4v) is 8.57. The zero-order chi connectivity index (χ0) is 49.3. The molecule has 0 heterocycles. The Labute approximate surface area is 422 Å². The lowest BCUT2D eigenvalue weighted by Crippen LogP contribution is -2.30. The first-order valence-electron chi connectivity index (χ1n) is 29.6. The van der Waals surface area contributed by atoms with Crippen molar-refractivity contribution in [3.63, 3.8) is 0 Å². The van der Waals surface area contributed by atoms with Crippen LogP contribution in [0.1, 0.15) is 310 Å². The summed E-state index contributed by atoms with van der Waals surface area (Å²) < 4.78 is 16.9. The van der Waals surface area contributed by atoms with Crippen molar-refractivity contribution in [3.05, 3.63) is 48.6 Å². The molecule has 0 bridgehead atoms. The van der Waals surface area contributed by atoms with E-state index in [0.717, 1.165) is 89.9 Å². The van der Waals surface area contributed by atoms with E-state index in [4.69, 9.17) is 14.2 Å². The van der Waals surface area contributed by atoms with Gasteiger partial charge in [-0.05, 0) is 77.0 Å².